The van der Waals surface area contributed by atoms with Crippen molar-refractivity contribution >= 4 is 68.3 Å². The zero-order chi connectivity index (χ0) is 46.5. The van der Waals surface area contributed by atoms with Crippen LogP contribution in [0.4, 0.5) is 0 Å². The lowest BCUT2D eigenvalue weighted by Crippen LogP contribution is -2.22. The van der Waals surface area contributed by atoms with Crippen LogP contribution >= 0.6 is 0 Å². The van der Waals surface area contributed by atoms with E-state index < -0.39 is 0 Å². The van der Waals surface area contributed by atoms with Crippen LogP contribution < -0.4 is 10.4 Å². The van der Waals surface area contributed by atoms with Gasteiger partial charge in [-0.1, -0.05) is 170 Å². The Kier molecular flexibility index (Phi) is 10.2. The lowest BCUT2D eigenvalue weighted by atomic mass is 9.80. The van der Waals surface area contributed by atoms with E-state index in [9.17, 15) is 0 Å². The van der Waals surface area contributed by atoms with Gasteiger partial charge in [-0.3, -0.25) is 0 Å². The number of hydrogen-bond donors (Lipinski definition) is 0. The molecule has 0 unspecified atom stereocenters. The molecule has 13 rings (SSSR count). The highest BCUT2D eigenvalue weighted by atomic mass is 14.3. The minimum atomic E-state index is 0.919. The molecule has 10 aromatic carbocycles. The minimum Gasteiger partial charge on any atom is -0.120 e. The van der Waals surface area contributed by atoms with Crippen LogP contribution in [-0.4, -0.2) is 0 Å². The standard InChI is InChI=1S/C70H46/c1-46-67(57-26-16-25-47-18-8-11-24-53(47)39-57)44-62(45-68(46)58-36-33-48-17-4-2-5-21-54(48)40-58)70-64-28-7-3-6-27-63(64)69(65-29-14-15-30-66(65)70)61-42-59(55-34-31-49-19-9-12-22-51(49)37-55)41-60(43-61)56-35-32-50-20-10-13-23-52(50)38-56/h2-5,7-16,18-25,27-45H,17H2,1H3. The van der Waals surface area contributed by atoms with Gasteiger partial charge in [-0.05, 0) is 224 Å². The van der Waals surface area contributed by atoms with E-state index in [1.807, 2.05) is 6.08 Å². The molecule has 0 bridgehead atoms. The van der Waals surface area contributed by atoms with Crippen LogP contribution in [0.5, 0.6) is 0 Å². The second kappa shape index (κ2) is 17.2. The zero-order valence-corrected chi connectivity index (χ0v) is 38.9. The predicted molar refractivity (Wildman–Crippen MR) is 300 cm³/mol. The number of benzene rings is 10. The molecule has 10 aromatic rings. The van der Waals surface area contributed by atoms with Crippen LogP contribution in [0.3, 0.4) is 0 Å². The molecule has 70 heavy (non-hydrogen) atoms. The smallest absolute Gasteiger partial charge is 0.0246 e. The van der Waals surface area contributed by atoms with Gasteiger partial charge in [0.05, 0.1) is 0 Å². The van der Waals surface area contributed by atoms with Gasteiger partial charge in [-0.25, -0.2) is 0 Å². The molecule has 0 nitrogen and oxygen atoms in total. The lowest BCUT2D eigenvalue weighted by Gasteiger charge is -2.23. The molecule has 0 heteroatoms. The van der Waals surface area contributed by atoms with Crippen LogP contribution in [0.25, 0.3) is 124 Å². The molecule has 0 spiro atoms. The first-order valence-electron chi connectivity index (χ1n) is 24.3. The Bertz CT molecular complexity index is 4120. The van der Waals surface area contributed by atoms with Gasteiger partial charge in [0, 0.05) is 5.57 Å². The van der Waals surface area contributed by atoms with Gasteiger partial charge < -0.3 is 0 Å². The van der Waals surface area contributed by atoms with E-state index in [-0.39, 0.29) is 0 Å². The van der Waals surface area contributed by atoms with E-state index in [4.69, 9.17) is 0 Å². The van der Waals surface area contributed by atoms with Crippen LogP contribution in [0.15, 0.2) is 230 Å². The molecule has 0 saturated heterocycles. The molecule has 3 aliphatic rings. The number of allylic oxidation sites excluding steroid dienone is 6. The fourth-order valence-electron chi connectivity index (χ4n) is 10.9. The number of fused-ring (bicyclic) bond motifs is 6. The van der Waals surface area contributed by atoms with Crippen molar-refractivity contribution in [3.63, 3.8) is 0 Å². The van der Waals surface area contributed by atoms with Crippen LogP contribution in [-0.2, 0) is 6.42 Å². The zero-order valence-electron chi connectivity index (χ0n) is 38.9. The van der Waals surface area contributed by atoms with Crippen molar-refractivity contribution in [3.05, 3.63) is 274 Å². The summed E-state index contributed by atoms with van der Waals surface area (Å²) in [5.74, 6) is 0. The third-order valence-electron chi connectivity index (χ3n) is 14.5. The van der Waals surface area contributed by atoms with Gasteiger partial charge >= 0.3 is 0 Å². The summed E-state index contributed by atoms with van der Waals surface area (Å²) in [5, 5.41) is 9.69. The maximum Gasteiger partial charge on any atom is 0.0246 e. The molecule has 3 aliphatic carbocycles. The summed E-state index contributed by atoms with van der Waals surface area (Å²) in [6.45, 7) is 2.28. The normalized spacial score (nSPS) is 13.2. The van der Waals surface area contributed by atoms with Gasteiger partial charge in [0.15, 0.2) is 0 Å². The SMILES string of the molecule is Cc1c(C2=C=CC=c3ccccc3=C2)cc(-c2c3c(c(-c4cc(-c5ccc6ccccc6c5)cc(-c5ccc6ccccc6c5)c4)c4ccccc24)C=C=CC=C3)cc1-c1ccc2c(c1)C=CC=CC2. The van der Waals surface area contributed by atoms with Gasteiger partial charge in [-0.2, -0.15) is 0 Å². The van der Waals surface area contributed by atoms with Gasteiger partial charge in [-0.15, -0.1) is 11.5 Å². The van der Waals surface area contributed by atoms with Gasteiger partial charge in [0.25, 0.3) is 0 Å². The van der Waals surface area contributed by atoms with E-state index in [1.54, 1.807) is 0 Å². The molecule has 0 amide bonds. The van der Waals surface area contributed by atoms with Crippen LogP contribution in [0, 0.1) is 6.92 Å². The van der Waals surface area contributed by atoms with Crippen molar-refractivity contribution in [2.45, 2.75) is 13.3 Å². The summed E-state index contributed by atoms with van der Waals surface area (Å²) in [7, 11) is 0. The highest BCUT2D eigenvalue weighted by Gasteiger charge is 2.23. The fourth-order valence-corrected chi connectivity index (χ4v) is 10.9. The van der Waals surface area contributed by atoms with E-state index in [0.29, 0.717) is 0 Å². The van der Waals surface area contributed by atoms with Crippen molar-refractivity contribution in [2.75, 3.05) is 0 Å². The molecule has 0 N–H and O–H groups in total. The van der Waals surface area contributed by atoms with Gasteiger partial charge in [0.1, 0.15) is 0 Å². The number of rotatable bonds is 6. The second-order valence-electron chi connectivity index (χ2n) is 18.6. The molecule has 0 saturated carbocycles. The molecule has 0 aliphatic heterocycles. The number of hydrogen-bond acceptors (Lipinski definition) is 0. The molecule has 0 fully saturated rings. The third kappa shape index (κ3) is 7.37. The van der Waals surface area contributed by atoms with Crippen molar-refractivity contribution < 1.29 is 0 Å². The summed E-state index contributed by atoms with van der Waals surface area (Å²) < 4.78 is 0. The van der Waals surface area contributed by atoms with Crippen molar-refractivity contribution in [1.29, 1.82) is 0 Å². The molecular weight excluding hydrogens is 841 g/mol. The third-order valence-corrected chi connectivity index (χ3v) is 14.5. The highest BCUT2D eigenvalue weighted by molar-refractivity contribution is 6.13. The first-order chi connectivity index (χ1) is 34.6. The molecule has 0 radical (unpaired) electrons. The maximum absolute atomic E-state index is 3.72. The summed E-state index contributed by atoms with van der Waals surface area (Å²) in [6, 6.07) is 67.7. The molecule has 0 atom stereocenters. The summed E-state index contributed by atoms with van der Waals surface area (Å²) in [6.07, 6.45) is 25.0. The first-order valence-corrected chi connectivity index (χ1v) is 24.3. The summed E-state index contributed by atoms with van der Waals surface area (Å²) in [5.41, 5.74) is 27.5. The average Bonchev–Trinajstić information content (AvgIpc) is 3.90. The molecule has 0 aromatic heterocycles. The van der Waals surface area contributed by atoms with Crippen molar-refractivity contribution in [1.82, 2.24) is 0 Å². The Morgan fingerprint density at radius 1 is 0.429 bits per heavy atom. The molecule has 0 heterocycles. The average molecular weight is 887 g/mol. The highest BCUT2D eigenvalue weighted by Crippen LogP contribution is 2.47. The quantitative estimate of drug-likeness (QED) is 0.146. The monoisotopic (exact) mass is 886 g/mol. The Labute approximate surface area is 408 Å². The van der Waals surface area contributed by atoms with E-state index >= 15 is 0 Å². The van der Waals surface area contributed by atoms with E-state index in [2.05, 4.69) is 261 Å². The maximum atomic E-state index is 3.72. The fraction of sp³-hybridized carbons (Fsp3) is 0.0286. The summed E-state index contributed by atoms with van der Waals surface area (Å²) in [4.78, 5) is 0. The predicted octanol–water partition coefficient (Wildman–Crippen LogP) is 16.9. The topological polar surface area (TPSA) is 0 Å². The molecule has 326 valence electrons. The van der Waals surface area contributed by atoms with Crippen LogP contribution in [0.2, 0.25) is 0 Å². The first kappa shape index (κ1) is 41.2. The van der Waals surface area contributed by atoms with Gasteiger partial charge in [0.2, 0.25) is 0 Å². The Morgan fingerprint density at radius 2 is 1.04 bits per heavy atom. The Balaban J connectivity index is 1.08. The Morgan fingerprint density at radius 3 is 1.79 bits per heavy atom. The lowest BCUT2D eigenvalue weighted by molar-refractivity contribution is 1.26. The van der Waals surface area contributed by atoms with Crippen molar-refractivity contribution in [2.24, 2.45) is 0 Å². The molecular formula is C70H46. The second-order valence-corrected chi connectivity index (χ2v) is 18.6. The van der Waals surface area contributed by atoms with E-state index in [1.165, 1.54) is 110 Å². The van der Waals surface area contributed by atoms with Crippen LogP contribution in [0.1, 0.15) is 33.4 Å². The minimum absolute atomic E-state index is 0.919. The Hall–Kier alpha value is -9.02. The summed E-state index contributed by atoms with van der Waals surface area (Å²) >= 11 is 0. The van der Waals surface area contributed by atoms with Crippen molar-refractivity contribution in [3.8, 4) is 55.6 Å². The largest absolute Gasteiger partial charge is 0.120 e. The van der Waals surface area contributed by atoms with E-state index in [0.717, 1.165) is 34.2 Å².